The van der Waals surface area contributed by atoms with E-state index in [9.17, 15) is 0 Å². The number of anilines is 2. The van der Waals surface area contributed by atoms with Crippen LogP contribution in [0.4, 0.5) is 11.4 Å². The van der Waals surface area contributed by atoms with Gasteiger partial charge in [-0.3, -0.25) is 4.98 Å². The van der Waals surface area contributed by atoms with Crippen molar-refractivity contribution in [1.29, 1.82) is 0 Å². The van der Waals surface area contributed by atoms with Crippen molar-refractivity contribution in [3.05, 3.63) is 30.5 Å². The smallest absolute Gasteiger partial charge is 0.0743 e. The highest BCUT2D eigenvalue weighted by atomic mass is 15.2. The van der Waals surface area contributed by atoms with Gasteiger partial charge < -0.3 is 10.6 Å². The molecule has 0 aliphatic carbocycles. The molecule has 1 aromatic heterocycles. The number of nitrogens with zero attached hydrogens (tertiary/aromatic N) is 2. The molecule has 0 bridgehead atoms. The van der Waals surface area contributed by atoms with E-state index < -0.39 is 0 Å². The summed E-state index contributed by atoms with van der Waals surface area (Å²) in [6.45, 7) is 5.76. The topological polar surface area (TPSA) is 42.2 Å². The fourth-order valence-corrected chi connectivity index (χ4v) is 3.19. The molecule has 1 aliphatic rings. The molecule has 2 N–H and O–H groups in total. The van der Waals surface area contributed by atoms with E-state index in [4.69, 9.17) is 5.73 Å². The lowest BCUT2D eigenvalue weighted by Crippen LogP contribution is -2.33. The number of hydrogen-bond donors (Lipinski definition) is 1. The summed E-state index contributed by atoms with van der Waals surface area (Å²) in [5.41, 5.74) is 8.93. The standard InChI is InChI=1S/C16H21N3/c1-11(2)15-4-3-9-19(15)16-7-8-18-14-10-12(17)5-6-13(14)16/h5-8,10-11,15H,3-4,9,17H2,1-2H3. The van der Waals surface area contributed by atoms with E-state index in [2.05, 4.69) is 35.9 Å². The van der Waals surface area contributed by atoms with E-state index in [1.807, 2.05) is 18.3 Å². The van der Waals surface area contributed by atoms with Gasteiger partial charge in [-0.05, 0) is 43.0 Å². The lowest BCUT2D eigenvalue weighted by Gasteiger charge is -2.30. The van der Waals surface area contributed by atoms with E-state index in [1.54, 1.807) is 0 Å². The van der Waals surface area contributed by atoms with Gasteiger partial charge in [0.05, 0.1) is 5.52 Å². The Morgan fingerprint density at radius 1 is 1.32 bits per heavy atom. The Labute approximate surface area is 114 Å². The maximum absolute atomic E-state index is 5.85. The van der Waals surface area contributed by atoms with Gasteiger partial charge in [0.2, 0.25) is 0 Å². The molecule has 0 spiro atoms. The minimum atomic E-state index is 0.642. The molecule has 1 atom stereocenters. The van der Waals surface area contributed by atoms with Crippen LogP contribution in [0.2, 0.25) is 0 Å². The second-order valence-corrected chi connectivity index (χ2v) is 5.75. The highest BCUT2D eigenvalue weighted by Crippen LogP contribution is 2.34. The quantitative estimate of drug-likeness (QED) is 0.836. The third kappa shape index (κ3) is 2.14. The summed E-state index contributed by atoms with van der Waals surface area (Å²) in [6.07, 6.45) is 4.46. The summed E-state index contributed by atoms with van der Waals surface area (Å²) in [5, 5.41) is 1.21. The fraction of sp³-hybridized carbons (Fsp3) is 0.438. The number of hydrogen-bond acceptors (Lipinski definition) is 3. The van der Waals surface area contributed by atoms with Crippen molar-refractivity contribution >= 4 is 22.3 Å². The highest BCUT2D eigenvalue weighted by Gasteiger charge is 2.28. The Kier molecular flexibility index (Phi) is 3.05. The molecule has 0 saturated carbocycles. The zero-order valence-electron chi connectivity index (χ0n) is 11.6. The lowest BCUT2D eigenvalue weighted by atomic mass is 10.0. The van der Waals surface area contributed by atoms with Crippen LogP contribution in [0.5, 0.6) is 0 Å². The van der Waals surface area contributed by atoms with Gasteiger partial charge in [0.25, 0.3) is 0 Å². The van der Waals surface area contributed by atoms with Gasteiger partial charge in [-0.2, -0.15) is 0 Å². The number of aromatic nitrogens is 1. The largest absolute Gasteiger partial charge is 0.399 e. The number of rotatable bonds is 2. The maximum Gasteiger partial charge on any atom is 0.0743 e. The van der Waals surface area contributed by atoms with E-state index in [0.29, 0.717) is 12.0 Å². The molecule has 1 fully saturated rings. The van der Waals surface area contributed by atoms with Crippen LogP contribution >= 0.6 is 0 Å². The summed E-state index contributed by atoms with van der Waals surface area (Å²) in [7, 11) is 0. The zero-order chi connectivity index (χ0) is 13.4. The van der Waals surface area contributed by atoms with Gasteiger partial charge in [-0.1, -0.05) is 13.8 Å². The predicted octanol–water partition coefficient (Wildman–Crippen LogP) is 3.44. The molecular weight excluding hydrogens is 234 g/mol. The van der Waals surface area contributed by atoms with Crippen LogP contribution in [0, 0.1) is 5.92 Å². The van der Waals surface area contributed by atoms with E-state index in [0.717, 1.165) is 17.7 Å². The van der Waals surface area contributed by atoms with Crippen molar-refractivity contribution < 1.29 is 0 Å². The predicted molar refractivity (Wildman–Crippen MR) is 81.4 cm³/mol. The molecule has 19 heavy (non-hydrogen) atoms. The van der Waals surface area contributed by atoms with Crippen molar-refractivity contribution in [2.24, 2.45) is 5.92 Å². The Morgan fingerprint density at radius 2 is 2.16 bits per heavy atom. The first kappa shape index (κ1) is 12.3. The maximum atomic E-state index is 5.85. The first-order chi connectivity index (χ1) is 9.16. The summed E-state index contributed by atoms with van der Waals surface area (Å²) in [5.74, 6) is 0.680. The van der Waals surface area contributed by atoms with Crippen molar-refractivity contribution in [3.8, 4) is 0 Å². The van der Waals surface area contributed by atoms with Gasteiger partial charge >= 0.3 is 0 Å². The number of nitrogen functional groups attached to an aromatic ring is 1. The van der Waals surface area contributed by atoms with Crippen molar-refractivity contribution in [3.63, 3.8) is 0 Å². The van der Waals surface area contributed by atoms with Crippen molar-refractivity contribution in [1.82, 2.24) is 4.98 Å². The number of benzene rings is 1. The van der Waals surface area contributed by atoms with Gasteiger partial charge in [0, 0.05) is 35.5 Å². The Bertz CT molecular complexity index is 592. The van der Waals surface area contributed by atoms with Gasteiger partial charge in [0.1, 0.15) is 0 Å². The van der Waals surface area contributed by atoms with Crippen molar-refractivity contribution in [2.45, 2.75) is 32.7 Å². The molecule has 3 heteroatoms. The number of fused-ring (bicyclic) bond motifs is 1. The van der Waals surface area contributed by atoms with E-state index in [1.165, 1.54) is 23.9 Å². The summed E-state index contributed by atoms with van der Waals surface area (Å²) in [6, 6.07) is 8.80. The minimum Gasteiger partial charge on any atom is -0.399 e. The van der Waals surface area contributed by atoms with Gasteiger partial charge in [-0.25, -0.2) is 0 Å². The van der Waals surface area contributed by atoms with Crippen LogP contribution in [0.1, 0.15) is 26.7 Å². The Balaban J connectivity index is 2.09. The second kappa shape index (κ2) is 4.72. The molecule has 1 aromatic carbocycles. The van der Waals surface area contributed by atoms with Gasteiger partial charge in [-0.15, -0.1) is 0 Å². The fourth-order valence-electron chi connectivity index (χ4n) is 3.19. The van der Waals surface area contributed by atoms with Gasteiger partial charge in [0.15, 0.2) is 0 Å². The van der Waals surface area contributed by atoms with E-state index >= 15 is 0 Å². The van der Waals surface area contributed by atoms with Crippen LogP contribution in [0.3, 0.4) is 0 Å². The van der Waals surface area contributed by atoms with E-state index in [-0.39, 0.29) is 0 Å². The monoisotopic (exact) mass is 255 g/mol. The third-order valence-corrected chi connectivity index (χ3v) is 4.12. The summed E-state index contributed by atoms with van der Waals surface area (Å²) >= 11 is 0. The SMILES string of the molecule is CC(C)C1CCCN1c1ccnc2cc(N)ccc12. The van der Waals surface area contributed by atoms with Crippen LogP contribution in [-0.4, -0.2) is 17.6 Å². The number of nitrogens with two attached hydrogens (primary N) is 1. The Hall–Kier alpha value is -1.77. The summed E-state index contributed by atoms with van der Waals surface area (Å²) in [4.78, 5) is 6.98. The third-order valence-electron chi connectivity index (χ3n) is 4.12. The number of pyridine rings is 1. The minimum absolute atomic E-state index is 0.642. The molecule has 2 aromatic rings. The lowest BCUT2D eigenvalue weighted by molar-refractivity contribution is 0.492. The average molecular weight is 255 g/mol. The average Bonchev–Trinajstić information content (AvgIpc) is 2.86. The first-order valence-corrected chi connectivity index (χ1v) is 7.07. The molecule has 100 valence electrons. The van der Waals surface area contributed by atoms with Crippen LogP contribution in [0.25, 0.3) is 10.9 Å². The summed E-state index contributed by atoms with van der Waals surface area (Å²) < 4.78 is 0. The van der Waals surface area contributed by atoms with Crippen LogP contribution < -0.4 is 10.6 Å². The second-order valence-electron chi connectivity index (χ2n) is 5.75. The molecule has 0 amide bonds. The Morgan fingerprint density at radius 3 is 2.95 bits per heavy atom. The molecule has 3 rings (SSSR count). The molecule has 2 heterocycles. The zero-order valence-corrected chi connectivity index (χ0v) is 11.6. The molecule has 1 unspecified atom stereocenters. The molecule has 0 radical (unpaired) electrons. The normalized spacial score (nSPS) is 19.5. The molecule has 1 saturated heterocycles. The molecular formula is C16H21N3. The molecule has 1 aliphatic heterocycles. The highest BCUT2D eigenvalue weighted by molar-refractivity contribution is 5.93. The van der Waals surface area contributed by atoms with Crippen molar-refractivity contribution in [2.75, 3.05) is 17.2 Å². The van der Waals surface area contributed by atoms with Crippen LogP contribution in [-0.2, 0) is 0 Å². The van der Waals surface area contributed by atoms with Crippen LogP contribution in [0.15, 0.2) is 30.5 Å². The first-order valence-electron chi connectivity index (χ1n) is 7.07. The molecule has 3 nitrogen and oxygen atoms in total.